The molecule has 2 rings (SSSR count). The Bertz CT molecular complexity index is 334. The molecule has 3 nitrogen and oxygen atoms in total. The Hall–Kier alpha value is -0.410. The Morgan fingerprint density at radius 2 is 2.05 bits per heavy atom. The second kappa shape index (κ2) is 6.57. The molecular formula is C17H31NO2. The van der Waals surface area contributed by atoms with Gasteiger partial charge in [-0.05, 0) is 43.6 Å². The van der Waals surface area contributed by atoms with Crippen molar-refractivity contribution in [1.29, 1.82) is 0 Å². The molecule has 0 aromatic carbocycles. The van der Waals surface area contributed by atoms with Gasteiger partial charge in [-0.15, -0.1) is 0 Å². The number of hydrogen-bond donors (Lipinski definition) is 0. The Balaban J connectivity index is 1.91. The molecule has 116 valence electrons. The maximum absolute atomic E-state index is 12.2. The lowest BCUT2D eigenvalue weighted by atomic mass is 9.68. The molecule has 0 N–H and O–H groups in total. The van der Waals surface area contributed by atoms with E-state index in [1.807, 2.05) is 0 Å². The number of ether oxygens (including phenoxy) is 1. The van der Waals surface area contributed by atoms with Gasteiger partial charge in [0.2, 0.25) is 0 Å². The predicted molar refractivity (Wildman–Crippen MR) is 81.8 cm³/mol. The van der Waals surface area contributed by atoms with E-state index in [4.69, 9.17) is 4.74 Å². The number of carbonyl (C=O) groups excluding carboxylic acids is 1. The van der Waals surface area contributed by atoms with Crippen molar-refractivity contribution in [2.75, 3.05) is 26.7 Å². The normalized spacial score (nSPS) is 33.4. The lowest BCUT2D eigenvalue weighted by Crippen LogP contribution is -2.45. The first-order valence-corrected chi connectivity index (χ1v) is 8.18. The zero-order valence-corrected chi connectivity index (χ0v) is 13.7. The Labute approximate surface area is 124 Å². The van der Waals surface area contributed by atoms with E-state index in [0.717, 1.165) is 45.3 Å². The highest BCUT2D eigenvalue weighted by molar-refractivity contribution is 5.82. The molecular weight excluding hydrogens is 250 g/mol. The highest BCUT2D eigenvalue weighted by Gasteiger charge is 2.36. The zero-order chi connectivity index (χ0) is 14.8. The molecule has 3 atom stereocenters. The van der Waals surface area contributed by atoms with Crippen molar-refractivity contribution in [2.45, 2.75) is 59.0 Å². The summed E-state index contributed by atoms with van der Waals surface area (Å²) >= 11 is 0. The van der Waals surface area contributed by atoms with Crippen LogP contribution in [-0.2, 0) is 9.53 Å². The van der Waals surface area contributed by atoms with Crippen LogP contribution >= 0.6 is 0 Å². The van der Waals surface area contributed by atoms with Crippen LogP contribution in [0.1, 0.15) is 52.9 Å². The standard InChI is InChI=1S/C17H31NO2/c1-17(2,3)14-7-8-16(19)13(10-14)11-18-9-5-6-15(12-18)20-4/h13-15H,5-12H2,1-4H3. The summed E-state index contributed by atoms with van der Waals surface area (Å²) in [5.74, 6) is 1.43. The van der Waals surface area contributed by atoms with E-state index >= 15 is 0 Å². The van der Waals surface area contributed by atoms with Crippen molar-refractivity contribution in [3.63, 3.8) is 0 Å². The minimum absolute atomic E-state index is 0.253. The maximum Gasteiger partial charge on any atom is 0.137 e. The Kier molecular flexibility index (Phi) is 5.25. The van der Waals surface area contributed by atoms with Crippen molar-refractivity contribution in [3.8, 4) is 0 Å². The average Bonchev–Trinajstić information content (AvgIpc) is 2.40. The Morgan fingerprint density at radius 3 is 2.70 bits per heavy atom. The van der Waals surface area contributed by atoms with Crippen LogP contribution in [0.5, 0.6) is 0 Å². The minimum atomic E-state index is 0.253. The van der Waals surface area contributed by atoms with Gasteiger partial charge in [-0.3, -0.25) is 4.79 Å². The molecule has 2 fully saturated rings. The quantitative estimate of drug-likeness (QED) is 0.796. The largest absolute Gasteiger partial charge is 0.380 e. The SMILES string of the molecule is COC1CCCN(CC2CC(C(C)(C)C)CCC2=O)C1. The van der Waals surface area contributed by atoms with E-state index in [1.54, 1.807) is 7.11 Å². The van der Waals surface area contributed by atoms with Gasteiger partial charge in [0.1, 0.15) is 5.78 Å². The summed E-state index contributed by atoms with van der Waals surface area (Å²) in [6.45, 7) is 10.0. The first-order chi connectivity index (χ1) is 9.40. The third-order valence-electron chi connectivity index (χ3n) is 5.26. The third kappa shape index (κ3) is 4.05. The van der Waals surface area contributed by atoms with Crippen LogP contribution in [0, 0.1) is 17.3 Å². The molecule has 1 saturated carbocycles. The molecule has 1 saturated heterocycles. The third-order valence-corrected chi connectivity index (χ3v) is 5.26. The molecule has 0 spiro atoms. The number of ketones is 1. The van der Waals surface area contributed by atoms with E-state index in [9.17, 15) is 4.79 Å². The highest BCUT2D eigenvalue weighted by atomic mass is 16.5. The van der Waals surface area contributed by atoms with Crippen molar-refractivity contribution in [3.05, 3.63) is 0 Å². The topological polar surface area (TPSA) is 29.5 Å². The van der Waals surface area contributed by atoms with Gasteiger partial charge in [0.25, 0.3) is 0 Å². The zero-order valence-electron chi connectivity index (χ0n) is 13.7. The molecule has 3 unspecified atom stereocenters. The van der Waals surface area contributed by atoms with Crippen LogP contribution in [0.2, 0.25) is 0 Å². The van der Waals surface area contributed by atoms with E-state index < -0.39 is 0 Å². The van der Waals surface area contributed by atoms with Gasteiger partial charge in [0.15, 0.2) is 0 Å². The van der Waals surface area contributed by atoms with Crippen molar-refractivity contribution >= 4 is 5.78 Å². The van der Waals surface area contributed by atoms with Gasteiger partial charge < -0.3 is 9.64 Å². The Morgan fingerprint density at radius 1 is 1.30 bits per heavy atom. The number of carbonyl (C=O) groups is 1. The van der Waals surface area contributed by atoms with E-state index in [-0.39, 0.29) is 5.92 Å². The molecule has 0 aromatic heterocycles. The molecule has 1 aliphatic carbocycles. The van der Waals surface area contributed by atoms with Crippen LogP contribution in [0.4, 0.5) is 0 Å². The van der Waals surface area contributed by atoms with Crippen molar-refractivity contribution < 1.29 is 9.53 Å². The second-order valence-corrected chi connectivity index (χ2v) is 7.76. The molecule has 1 aliphatic heterocycles. The van der Waals surface area contributed by atoms with E-state index in [1.165, 1.54) is 6.42 Å². The number of likely N-dealkylation sites (tertiary alicyclic amines) is 1. The van der Waals surface area contributed by atoms with Crippen molar-refractivity contribution in [2.24, 2.45) is 17.3 Å². The van der Waals surface area contributed by atoms with Crippen LogP contribution in [-0.4, -0.2) is 43.5 Å². The number of Topliss-reactive ketones (excluding diaryl/α,β-unsaturated/α-hetero) is 1. The fourth-order valence-corrected chi connectivity index (χ4v) is 3.76. The summed E-state index contributed by atoms with van der Waals surface area (Å²) in [5, 5.41) is 0. The number of nitrogens with zero attached hydrogens (tertiary/aromatic N) is 1. The molecule has 3 heteroatoms. The average molecular weight is 281 g/mol. The smallest absolute Gasteiger partial charge is 0.137 e. The summed E-state index contributed by atoms with van der Waals surface area (Å²) in [6.07, 6.45) is 5.67. The highest BCUT2D eigenvalue weighted by Crippen LogP contribution is 2.39. The van der Waals surface area contributed by atoms with Gasteiger partial charge in [0, 0.05) is 32.5 Å². The van der Waals surface area contributed by atoms with Gasteiger partial charge in [-0.2, -0.15) is 0 Å². The number of hydrogen-bond acceptors (Lipinski definition) is 3. The van der Waals surface area contributed by atoms with Crippen molar-refractivity contribution in [1.82, 2.24) is 4.90 Å². The van der Waals surface area contributed by atoms with E-state index in [0.29, 0.717) is 23.2 Å². The fourth-order valence-electron chi connectivity index (χ4n) is 3.76. The van der Waals surface area contributed by atoms with Gasteiger partial charge in [-0.1, -0.05) is 20.8 Å². The first kappa shape index (κ1) is 16.0. The second-order valence-electron chi connectivity index (χ2n) is 7.76. The summed E-state index contributed by atoms with van der Waals surface area (Å²) < 4.78 is 5.49. The van der Waals surface area contributed by atoms with Crippen LogP contribution in [0.25, 0.3) is 0 Å². The molecule has 0 bridgehead atoms. The van der Waals surface area contributed by atoms with E-state index in [2.05, 4.69) is 25.7 Å². The fraction of sp³-hybridized carbons (Fsp3) is 0.941. The lowest BCUT2D eigenvalue weighted by molar-refractivity contribution is -0.127. The number of methoxy groups -OCH3 is 1. The molecule has 2 aliphatic rings. The number of piperidine rings is 1. The molecule has 0 aromatic rings. The molecule has 20 heavy (non-hydrogen) atoms. The van der Waals surface area contributed by atoms with Gasteiger partial charge in [-0.25, -0.2) is 0 Å². The lowest BCUT2D eigenvalue weighted by Gasteiger charge is -2.40. The maximum atomic E-state index is 12.2. The van der Waals surface area contributed by atoms with Crippen LogP contribution in [0.15, 0.2) is 0 Å². The molecule has 1 heterocycles. The summed E-state index contributed by atoms with van der Waals surface area (Å²) in [5.41, 5.74) is 0.329. The monoisotopic (exact) mass is 281 g/mol. The molecule has 0 radical (unpaired) electrons. The predicted octanol–water partition coefficient (Wildman–Crippen LogP) is 3.13. The van der Waals surface area contributed by atoms with Crippen LogP contribution < -0.4 is 0 Å². The van der Waals surface area contributed by atoms with Crippen LogP contribution in [0.3, 0.4) is 0 Å². The summed E-state index contributed by atoms with van der Waals surface area (Å²) in [6, 6.07) is 0. The first-order valence-electron chi connectivity index (χ1n) is 8.18. The summed E-state index contributed by atoms with van der Waals surface area (Å²) in [4.78, 5) is 14.7. The number of rotatable bonds is 3. The molecule has 0 amide bonds. The van der Waals surface area contributed by atoms with Gasteiger partial charge >= 0.3 is 0 Å². The van der Waals surface area contributed by atoms with Gasteiger partial charge in [0.05, 0.1) is 6.10 Å². The minimum Gasteiger partial charge on any atom is -0.380 e. The summed E-state index contributed by atoms with van der Waals surface area (Å²) in [7, 11) is 1.80.